The van der Waals surface area contributed by atoms with Crippen molar-refractivity contribution in [2.24, 2.45) is 0 Å². The normalized spacial score (nSPS) is 14.4. The Labute approximate surface area is 165 Å². The summed E-state index contributed by atoms with van der Waals surface area (Å²) in [5.41, 5.74) is 0.674. The Kier molecular flexibility index (Phi) is 6.08. The lowest BCUT2D eigenvalue weighted by molar-refractivity contribution is 0.220. The van der Waals surface area contributed by atoms with Gasteiger partial charge in [-0.2, -0.15) is 8.42 Å². The van der Waals surface area contributed by atoms with E-state index in [-0.39, 0.29) is 16.7 Å². The van der Waals surface area contributed by atoms with Crippen LogP contribution in [0.4, 0.5) is 10.5 Å². The monoisotopic (exact) mass is 404 g/mol. The predicted octanol–water partition coefficient (Wildman–Crippen LogP) is 3.51. The van der Waals surface area contributed by atoms with Crippen LogP contribution in [-0.2, 0) is 10.1 Å². The molecule has 0 saturated carbocycles. The van der Waals surface area contributed by atoms with Crippen LogP contribution in [0, 0.1) is 0 Å². The maximum atomic E-state index is 12.5. The van der Waals surface area contributed by atoms with Crippen LogP contribution in [0.3, 0.4) is 0 Å². The second-order valence-corrected chi connectivity index (χ2v) is 8.03. The number of carbonyl (C=O) groups excluding carboxylic acids is 1. The van der Waals surface area contributed by atoms with E-state index in [9.17, 15) is 13.2 Å². The zero-order chi connectivity index (χ0) is 20.1. The number of ether oxygens (including phenoxy) is 1. The van der Waals surface area contributed by atoms with Crippen molar-refractivity contribution in [1.82, 2.24) is 4.90 Å². The van der Waals surface area contributed by atoms with Gasteiger partial charge in [0.05, 0.1) is 7.11 Å². The van der Waals surface area contributed by atoms with Gasteiger partial charge in [0.2, 0.25) is 0 Å². The summed E-state index contributed by atoms with van der Waals surface area (Å²) in [7, 11) is -2.43. The van der Waals surface area contributed by atoms with Crippen molar-refractivity contribution in [3.05, 3.63) is 48.5 Å². The minimum atomic E-state index is -3.96. The highest BCUT2D eigenvalue weighted by Crippen LogP contribution is 2.25. The number of benzene rings is 2. The van der Waals surface area contributed by atoms with Gasteiger partial charge in [-0.1, -0.05) is 13.3 Å². The first-order valence-electron chi connectivity index (χ1n) is 9.19. The van der Waals surface area contributed by atoms with Gasteiger partial charge >= 0.3 is 16.1 Å². The molecule has 1 saturated heterocycles. The van der Waals surface area contributed by atoms with E-state index in [1.165, 1.54) is 31.4 Å². The van der Waals surface area contributed by atoms with Gasteiger partial charge in [-0.3, -0.25) is 4.90 Å². The van der Waals surface area contributed by atoms with Crippen molar-refractivity contribution in [3.8, 4) is 11.5 Å². The van der Waals surface area contributed by atoms with Gasteiger partial charge in [0, 0.05) is 25.3 Å². The second kappa shape index (κ2) is 8.52. The molecule has 150 valence electrons. The van der Waals surface area contributed by atoms with Crippen molar-refractivity contribution < 1.29 is 22.1 Å². The molecule has 2 aromatic rings. The number of carbonyl (C=O) groups is 1. The van der Waals surface area contributed by atoms with Crippen LogP contribution in [0.1, 0.15) is 19.8 Å². The molecule has 1 heterocycles. The molecule has 0 aliphatic carbocycles. The first kappa shape index (κ1) is 20.0. The molecule has 0 atom stereocenters. The predicted molar refractivity (Wildman–Crippen MR) is 106 cm³/mol. The summed E-state index contributed by atoms with van der Waals surface area (Å²) in [4.78, 5) is 16.0. The number of urea groups is 1. The Hall–Kier alpha value is -2.74. The summed E-state index contributed by atoms with van der Waals surface area (Å²) >= 11 is 0. The Balaban J connectivity index is 1.70. The zero-order valence-electron chi connectivity index (χ0n) is 16.0. The molecule has 28 heavy (non-hydrogen) atoms. The average Bonchev–Trinajstić information content (AvgIpc) is 3.07. The van der Waals surface area contributed by atoms with E-state index in [0.717, 1.165) is 19.4 Å². The molecular weight excluding hydrogens is 380 g/mol. The van der Waals surface area contributed by atoms with Crippen molar-refractivity contribution in [2.45, 2.75) is 24.7 Å². The maximum absolute atomic E-state index is 12.5. The number of amides is 2. The number of anilines is 1. The highest BCUT2D eigenvalue weighted by atomic mass is 32.2. The number of methoxy groups -OCH3 is 1. The summed E-state index contributed by atoms with van der Waals surface area (Å²) < 4.78 is 35.2. The van der Waals surface area contributed by atoms with Crippen molar-refractivity contribution in [3.63, 3.8) is 0 Å². The molecule has 1 aliphatic rings. The SMILES string of the molecule is CCCCN1CCN(c2ccc(S(=O)(=O)Oc3ccc(OC)cc3)cc2)C1=O. The number of unbranched alkanes of at least 4 members (excludes halogenated alkanes) is 1. The van der Waals surface area contributed by atoms with Crippen molar-refractivity contribution in [2.75, 3.05) is 31.6 Å². The molecule has 1 fully saturated rings. The summed E-state index contributed by atoms with van der Waals surface area (Å²) in [5, 5.41) is 0. The third-order valence-corrected chi connectivity index (χ3v) is 5.84. The highest BCUT2D eigenvalue weighted by molar-refractivity contribution is 7.87. The first-order chi connectivity index (χ1) is 13.4. The number of hydrogen-bond acceptors (Lipinski definition) is 5. The van der Waals surface area contributed by atoms with E-state index in [1.807, 2.05) is 4.90 Å². The van der Waals surface area contributed by atoms with E-state index in [2.05, 4.69) is 6.92 Å². The molecule has 0 N–H and O–H groups in total. The molecule has 2 amide bonds. The maximum Gasteiger partial charge on any atom is 0.339 e. The second-order valence-electron chi connectivity index (χ2n) is 6.48. The lowest BCUT2D eigenvalue weighted by Crippen LogP contribution is -2.32. The lowest BCUT2D eigenvalue weighted by atomic mass is 10.3. The summed E-state index contributed by atoms with van der Waals surface area (Å²) in [6.07, 6.45) is 2.00. The molecule has 7 nitrogen and oxygen atoms in total. The molecule has 1 aliphatic heterocycles. The van der Waals surface area contributed by atoms with Crippen LogP contribution >= 0.6 is 0 Å². The largest absolute Gasteiger partial charge is 0.497 e. The van der Waals surface area contributed by atoms with Crippen molar-refractivity contribution in [1.29, 1.82) is 0 Å². The van der Waals surface area contributed by atoms with E-state index < -0.39 is 10.1 Å². The Bertz CT molecular complexity index is 911. The number of hydrogen-bond donors (Lipinski definition) is 0. The van der Waals surface area contributed by atoms with Gasteiger partial charge in [0.1, 0.15) is 16.4 Å². The van der Waals surface area contributed by atoms with Gasteiger partial charge in [-0.05, 0) is 55.0 Å². The zero-order valence-corrected chi connectivity index (χ0v) is 16.8. The molecule has 0 spiro atoms. The highest BCUT2D eigenvalue weighted by Gasteiger charge is 2.29. The summed E-state index contributed by atoms with van der Waals surface area (Å²) in [6.45, 7) is 4.11. The van der Waals surface area contributed by atoms with Gasteiger partial charge in [0.25, 0.3) is 0 Å². The number of nitrogens with zero attached hydrogens (tertiary/aromatic N) is 2. The fourth-order valence-electron chi connectivity index (χ4n) is 2.98. The molecule has 0 radical (unpaired) electrons. The molecule has 3 rings (SSSR count). The summed E-state index contributed by atoms with van der Waals surface area (Å²) in [6, 6.07) is 12.4. The molecule has 0 bridgehead atoms. The van der Waals surface area contributed by atoms with E-state index in [0.29, 0.717) is 24.5 Å². The fourth-order valence-corrected chi connectivity index (χ4v) is 3.91. The Morgan fingerprint density at radius 3 is 2.21 bits per heavy atom. The Morgan fingerprint density at radius 1 is 0.964 bits per heavy atom. The Morgan fingerprint density at radius 2 is 1.61 bits per heavy atom. The van der Waals surface area contributed by atoms with E-state index >= 15 is 0 Å². The van der Waals surface area contributed by atoms with Crippen molar-refractivity contribution >= 4 is 21.8 Å². The van der Waals surface area contributed by atoms with Gasteiger partial charge in [0.15, 0.2) is 0 Å². The molecule has 2 aromatic carbocycles. The third-order valence-electron chi connectivity index (χ3n) is 4.58. The fraction of sp³-hybridized carbons (Fsp3) is 0.350. The van der Waals surface area contributed by atoms with Crippen LogP contribution in [0.5, 0.6) is 11.5 Å². The van der Waals surface area contributed by atoms with Crippen LogP contribution in [0.2, 0.25) is 0 Å². The van der Waals surface area contributed by atoms with Gasteiger partial charge in [-0.15, -0.1) is 0 Å². The van der Waals surface area contributed by atoms with Gasteiger partial charge in [-0.25, -0.2) is 4.79 Å². The van der Waals surface area contributed by atoms with Crippen LogP contribution in [0.15, 0.2) is 53.4 Å². The average molecular weight is 404 g/mol. The van der Waals surface area contributed by atoms with E-state index in [1.54, 1.807) is 29.2 Å². The standard InChI is InChI=1S/C20H24N2O5S/c1-3-4-13-21-14-15-22(20(21)23)16-5-11-19(12-6-16)28(24,25)27-18-9-7-17(26-2)8-10-18/h5-12H,3-4,13-15H2,1-2H3. The molecule has 0 unspecified atom stereocenters. The van der Waals surface area contributed by atoms with Crippen LogP contribution in [-0.4, -0.2) is 46.1 Å². The van der Waals surface area contributed by atoms with Gasteiger partial charge < -0.3 is 13.8 Å². The number of rotatable bonds is 8. The topological polar surface area (TPSA) is 76.2 Å². The minimum Gasteiger partial charge on any atom is -0.497 e. The van der Waals surface area contributed by atoms with Crippen LogP contribution < -0.4 is 13.8 Å². The molecule has 8 heteroatoms. The lowest BCUT2D eigenvalue weighted by Gasteiger charge is -2.18. The third kappa shape index (κ3) is 4.39. The smallest absolute Gasteiger partial charge is 0.339 e. The molecular formula is C20H24N2O5S. The van der Waals surface area contributed by atoms with Crippen LogP contribution in [0.25, 0.3) is 0 Å². The quantitative estimate of drug-likeness (QED) is 0.630. The molecule has 0 aromatic heterocycles. The van der Waals surface area contributed by atoms with E-state index in [4.69, 9.17) is 8.92 Å². The minimum absolute atomic E-state index is 0.0292. The first-order valence-corrected chi connectivity index (χ1v) is 10.6. The summed E-state index contributed by atoms with van der Waals surface area (Å²) in [5.74, 6) is 0.809.